The maximum absolute atomic E-state index is 12.3. The lowest BCUT2D eigenvalue weighted by molar-refractivity contribution is -0.145. The number of hydrogen-bond donors (Lipinski definition) is 0. The third-order valence-corrected chi connectivity index (χ3v) is 8.99. The van der Waals surface area contributed by atoms with E-state index >= 15 is 0 Å². The summed E-state index contributed by atoms with van der Waals surface area (Å²) in [6.07, 6.45) is 41.4. The Morgan fingerprint density at radius 3 is 1.12 bits per heavy atom. The van der Waals surface area contributed by atoms with Crippen molar-refractivity contribution in [2.75, 3.05) is 19.8 Å². The van der Waals surface area contributed by atoms with Gasteiger partial charge in [-0.2, -0.15) is 0 Å². The standard InChI is InChI=1S/C39H78O3/c1-4-7-9-11-13-15-17-19-21-22-24-26-28-30-32-34-38(36-41-6-3)37-42-39(40)35-33-31-29-27-25-23-20-18-16-14-12-10-8-5-2/h38H,4-37H2,1-3H3. The first-order chi connectivity index (χ1) is 20.7. The summed E-state index contributed by atoms with van der Waals surface area (Å²) in [5, 5.41) is 0. The first-order valence-corrected chi connectivity index (χ1v) is 19.5. The minimum atomic E-state index is -0.00747. The number of esters is 1. The molecule has 42 heavy (non-hydrogen) atoms. The molecule has 0 saturated carbocycles. The Hall–Kier alpha value is -0.570. The van der Waals surface area contributed by atoms with Crippen LogP contribution in [0.3, 0.4) is 0 Å². The molecule has 0 aromatic carbocycles. The zero-order chi connectivity index (χ0) is 30.6. The van der Waals surface area contributed by atoms with Crippen LogP contribution in [0.4, 0.5) is 0 Å². The van der Waals surface area contributed by atoms with Crippen LogP contribution in [0.25, 0.3) is 0 Å². The van der Waals surface area contributed by atoms with Crippen LogP contribution in [-0.2, 0) is 14.3 Å². The molecule has 0 N–H and O–H groups in total. The highest BCUT2D eigenvalue weighted by molar-refractivity contribution is 5.69. The number of hydrogen-bond acceptors (Lipinski definition) is 3. The van der Waals surface area contributed by atoms with Crippen molar-refractivity contribution in [1.29, 1.82) is 0 Å². The summed E-state index contributed by atoms with van der Waals surface area (Å²) >= 11 is 0. The number of carbonyl (C=O) groups is 1. The summed E-state index contributed by atoms with van der Waals surface area (Å²) in [5.74, 6) is 0.346. The molecule has 3 nitrogen and oxygen atoms in total. The van der Waals surface area contributed by atoms with Gasteiger partial charge in [-0.3, -0.25) is 4.79 Å². The van der Waals surface area contributed by atoms with Crippen LogP contribution < -0.4 is 0 Å². The molecule has 0 aromatic heterocycles. The second-order valence-electron chi connectivity index (χ2n) is 13.3. The Morgan fingerprint density at radius 2 is 0.762 bits per heavy atom. The average molecular weight is 595 g/mol. The molecule has 0 spiro atoms. The molecular weight excluding hydrogens is 516 g/mol. The van der Waals surface area contributed by atoms with Gasteiger partial charge in [-0.05, 0) is 19.8 Å². The summed E-state index contributed by atoms with van der Waals surface area (Å²) in [6.45, 7) is 8.63. The molecule has 0 aliphatic heterocycles. The van der Waals surface area contributed by atoms with Gasteiger partial charge < -0.3 is 9.47 Å². The van der Waals surface area contributed by atoms with E-state index in [-0.39, 0.29) is 5.97 Å². The number of rotatable bonds is 36. The fraction of sp³-hybridized carbons (Fsp3) is 0.974. The molecule has 0 heterocycles. The lowest BCUT2D eigenvalue weighted by Gasteiger charge is -2.17. The molecular formula is C39H78O3. The first-order valence-electron chi connectivity index (χ1n) is 19.5. The van der Waals surface area contributed by atoms with Crippen molar-refractivity contribution in [3.63, 3.8) is 0 Å². The highest BCUT2D eigenvalue weighted by Crippen LogP contribution is 2.17. The van der Waals surface area contributed by atoms with E-state index in [1.165, 1.54) is 173 Å². The Bertz CT molecular complexity index is 506. The number of carbonyl (C=O) groups excluding carboxylic acids is 1. The van der Waals surface area contributed by atoms with Gasteiger partial charge in [-0.25, -0.2) is 0 Å². The molecule has 0 bridgehead atoms. The molecule has 0 saturated heterocycles. The van der Waals surface area contributed by atoms with Crippen LogP contribution >= 0.6 is 0 Å². The Morgan fingerprint density at radius 1 is 0.429 bits per heavy atom. The monoisotopic (exact) mass is 595 g/mol. The number of unbranched alkanes of at least 4 members (excludes halogenated alkanes) is 27. The van der Waals surface area contributed by atoms with E-state index < -0.39 is 0 Å². The fourth-order valence-corrected chi connectivity index (χ4v) is 6.05. The average Bonchev–Trinajstić information content (AvgIpc) is 3.00. The molecule has 3 heteroatoms. The van der Waals surface area contributed by atoms with Gasteiger partial charge in [0.25, 0.3) is 0 Å². The van der Waals surface area contributed by atoms with E-state index in [0.717, 1.165) is 32.5 Å². The fourth-order valence-electron chi connectivity index (χ4n) is 6.05. The van der Waals surface area contributed by atoms with E-state index in [4.69, 9.17) is 9.47 Å². The highest BCUT2D eigenvalue weighted by Gasteiger charge is 2.12. The minimum Gasteiger partial charge on any atom is -0.465 e. The van der Waals surface area contributed by atoms with Crippen molar-refractivity contribution in [2.24, 2.45) is 5.92 Å². The highest BCUT2D eigenvalue weighted by atomic mass is 16.5. The lowest BCUT2D eigenvalue weighted by atomic mass is 10.0. The van der Waals surface area contributed by atoms with Crippen molar-refractivity contribution in [1.82, 2.24) is 0 Å². The molecule has 0 rings (SSSR count). The van der Waals surface area contributed by atoms with Gasteiger partial charge in [0.2, 0.25) is 0 Å². The van der Waals surface area contributed by atoms with E-state index in [1.807, 2.05) is 6.92 Å². The van der Waals surface area contributed by atoms with Gasteiger partial charge in [0.05, 0.1) is 13.2 Å². The summed E-state index contributed by atoms with van der Waals surface area (Å²) in [4.78, 5) is 12.3. The summed E-state index contributed by atoms with van der Waals surface area (Å²) in [6, 6.07) is 0. The summed E-state index contributed by atoms with van der Waals surface area (Å²) in [5.41, 5.74) is 0. The smallest absolute Gasteiger partial charge is 0.305 e. The van der Waals surface area contributed by atoms with Gasteiger partial charge in [0.15, 0.2) is 0 Å². The third-order valence-electron chi connectivity index (χ3n) is 8.99. The zero-order valence-electron chi connectivity index (χ0n) is 29.3. The maximum atomic E-state index is 12.3. The Balaban J connectivity index is 3.58. The van der Waals surface area contributed by atoms with Crippen LogP contribution in [0.1, 0.15) is 220 Å². The molecule has 0 radical (unpaired) electrons. The summed E-state index contributed by atoms with van der Waals surface area (Å²) < 4.78 is 11.4. The minimum absolute atomic E-state index is 0.00747. The van der Waals surface area contributed by atoms with Crippen molar-refractivity contribution in [2.45, 2.75) is 220 Å². The van der Waals surface area contributed by atoms with Crippen molar-refractivity contribution in [3.05, 3.63) is 0 Å². The predicted molar refractivity (Wildman–Crippen MR) is 185 cm³/mol. The molecule has 0 fully saturated rings. The van der Waals surface area contributed by atoms with Crippen molar-refractivity contribution in [3.8, 4) is 0 Å². The van der Waals surface area contributed by atoms with E-state index in [9.17, 15) is 4.79 Å². The van der Waals surface area contributed by atoms with Crippen LogP contribution in [0.2, 0.25) is 0 Å². The first kappa shape index (κ1) is 41.4. The van der Waals surface area contributed by atoms with E-state index in [1.54, 1.807) is 0 Å². The topological polar surface area (TPSA) is 35.5 Å². The van der Waals surface area contributed by atoms with Gasteiger partial charge in [0, 0.05) is 18.9 Å². The molecule has 252 valence electrons. The van der Waals surface area contributed by atoms with Gasteiger partial charge in [0.1, 0.15) is 0 Å². The SMILES string of the molecule is CCCCCCCCCCCCCCCCCC(COCC)COC(=O)CCCCCCCCCCCCCCCC. The van der Waals surface area contributed by atoms with Gasteiger partial charge >= 0.3 is 5.97 Å². The quantitative estimate of drug-likeness (QED) is 0.0534. The van der Waals surface area contributed by atoms with Gasteiger partial charge in [-0.1, -0.05) is 194 Å². The van der Waals surface area contributed by atoms with E-state index in [0.29, 0.717) is 18.9 Å². The molecule has 0 aliphatic rings. The second kappa shape index (κ2) is 36.6. The molecule has 0 aromatic rings. The lowest BCUT2D eigenvalue weighted by Crippen LogP contribution is -2.19. The molecule has 0 aliphatic carbocycles. The summed E-state index contributed by atoms with van der Waals surface area (Å²) in [7, 11) is 0. The van der Waals surface area contributed by atoms with Crippen LogP contribution in [0.15, 0.2) is 0 Å². The molecule has 1 unspecified atom stereocenters. The second-order valence-corrected chi connectivity index (χ2v) is 13.3. The number of ether oxygens (including phenoxy) is 2. The van der Waals surface area contributed by atoms with Crippen molar-refractivity contribution < 1.29 is 14.3 Å². The largest absolute Gasteiger partial charge is 0.465 e. The Labute approximate surface area is 265 Å². The molecule has 1 atom stereocenters. The van der Waals surface area contributed by atoms with Crippen LogP contribution in [0.5, 0.6) is 0 Å². The Kier molecular flexibility index (Phi) is 36.1. The molecule has 0 amide bonds. The normalized spacial score (nSPS) is 12.2. The third kappa shape index (κ3) is 33.9. The maximum Gasteiger partial charge on any atom is 0.305 e. The van der Waals surface area contributed by atoms with Crippen LogP contribution in [-0.4, -0.2) is 25.8 Å². The van der Waals surface area contributed by atoms with Crippen molar-refractivity contribution >= 4 is 5.97 Å². The predicted octanol–water partition coefficient (Wildman–Crippen LogP) is 13.3. The zero-order valence-corrected chi connectivity index (χ0v) is 29.3. The van der Waals surface area contributed by atoms with Gasteiger partial charge in [-0.15, -0.1) is 0 Å². The van der Waals surface area contributed by atoms with Crippen LogP contribution in [0, 0.1) is 5.92 Å². The van der Waals surface area contributed by atoms with E-state index in [2.05, 4.69) is 13.8 Å².